The summed E-state index contributed by atoms with van der Waals surface area (Å²) in [6.07, 6.45) is 0. The van der Waals surface area contributed by atoms with Crippen molar-refractivity contribution in [3.05, 3.63) is 60.2 Å². The van der Waals surface area contributed by atoms with Crippen LogP contribution in [0.1, 0.15) is 24.2 Å². The molecule has 0 amide bonds. The van der Waals surface area contributed by atoms with E-state index in [0.717, 1.165) is 30.4 Å². The zero-order valence-corrected chi connectivity index (χ0v) is 17.9. The number of fused-ring (bicyclic) bond motifs is 3. The maximum atomic E-state index is 12.1. The summed E-state index contributed by atoms with van der Waals surface area (Å²) >= 11 is 0. The number of hydrogen-bond donors (Lipinski definition) is 1. The van der Waals surface area contributed by atoms with Gasteiger partial charge in [-0.05, 0) is 48.1 Å². The highest BCUT2D eigenvalue weighted by atomic mass is 35.5. The van der Waals surface area contributed by atoms with Gasteiger partial charge in [-0.1, -0.05) is 38.1 Å². The first-order chi connectivity index (χ1) is 14.1. The molecule has 0 saturated heterocycles. The van der Waals surface area contributed by atoms with Crippen molar-refractivity contribution < 1.29 is 14.6 Å². The molecule has 5 nitrogen and oxygen atoms in total. The van der Waals surface area contributed by atoms with Crippen LogP contribution in [-0.2, 0) is 0 Å². The van der Waals surface area contributed by atoms with Gasteiger partial charge in [0.15, 0.2) is 0 Å². The minimum Gasteiger partial charge on any atom is -0.492 e. The molecule has 156 valence electrons. The number of halogens is 1. The third kappa shape index (κ3) is 4.18. The molecule has 0 fully saturated rings. The van der Waals surface area contributed by atoms with Crippen molar-refractivity contribution >= 4 is 51.0 Å². The summed E-state index contributed by atoms with van der Waals surface area (Å²) in [7, 11) is 0. The predicted molar refractivity (Wildman–Crippen MR) is 124 cm³/mol. The molecule has 0 radical (unpaired) electrons. The second-order valence-corrected chi connectivity index (χ2v) is 7.06. The first-order valence-corrected chi connectivity index (χ1v) is 9.95. The number of benzene rings is 3. The molecule has 4 rings (SSSR count). The van der Waals surface area contributed by atoms with E-state index in [4.69, 9.17) is 9.72 Å². The summed E-state index contributed by atoms with van der Waals surface area (Å²) in [6.45, 7) is 7.67. The fourth-order valence-corrected chi connectivity index (χ4v) is 3.76. The number of nitrogens with zero attached hydrogens (tertiary/aromatic N) is 2. The number of carboxylic acids is 1. The number of likely N-dealkylation sites (N-methyl/N-ethyl adjacent to an activating group) is 1. The fourth-order valence-electron chi connectivity index (χ4n) is 3.76. The van der Waals surface area contributed by atoms with Gasteiger partial charge in [0.05, 0.1) is 16.6 Å². The third-order valence-corrected chi connectivity index (χ3v) is 5.40. The van der Waals surface area contributed by atoms with Gasteiger partial charge in [-0.3, -0.25) is 0 Å². The summed E-state index contributed by atoms with van der Waals surface area (Å²) in [6, 6.07) is 17.2. The Balaban J connectivity index is 0.00000256. The van der Waals surface area contributed by atoms with Crippen LogP contribution in [0.15, 0.2) is 54.6 Å². The van der Waals surface area contributed by atoms with Crippen LogP contribution in [0.5, 0.6) is 5.75 Å². The first kappa shape index (κ1) is 21.8. The molecular weight excluding hydrogens is 400 g/mol. The molecule has 6 heteroatoms. The molecule has 1 heterocycles. The number of hydrogen-bond acceptors (Lipinski definition) is 4. The molecule has 0 spiro atoms. The molecule has 0 atom stereocenters. The molecule has 0 bridgehead atoms. The lowest BCUT2D eigenvalue weighted by Gasteiger charge is -2.18. The maximum absolute atomic E-state index is 12.1. The molecule has 1 N–H and O–H groups in total. The minimum atomic E-state index is -0.951. The van der Waals surface area contributed by atoms with Gasteiger partial charge in [-0.2, -0.15) is 0 Å². The second-order valence-electron chi connectivity index (χ2n) is 7.06. The van der Waals surface area contributed by atoms with Crippen LogP contribution in [-0.4, -0.2) is 47.2 Å². The molecule has 3 aromatic carbocycles. The standard InChI is InChI=1S/C24H24N2O3.ClH/c1-3-26(4-2)11-12-29-18-9-10-19-22(15-18)25-21-14-17-8-6-5-7-16(17)13-20(21)23(19)24(27)28;/h5-10,13-15H,3-4,11-12H2,1-2H3,(H,27,28);1H. The van der Waals surface area contributed by atoms with Gasteiger partial charge < -0.3 is 14.7 Å². The zero-order chi connectivity index (χ0) is 20.4. The Kier molecular flexibility index (Phi) is 6.75. The Morgan fingerprint density at radius 1 is 0.967 bits per heavy atom. The summed E-state index contributed by atoms with van der Waals surface area (Å²) in [4.78, 5) is 19.1. The van der Waals surface area contributed by atoms with Gasteiger partial charge >= 0.3 is 5.97 Å². The highest BCUT2D eigenvalue weighted by Crippen LogP contribution is 2.31. The number of pyridine rings is 1. The predicted octanol–water partition coefficient (Wildman–Crippen LogP) is 5.38. The normalized spacial score (nSPS) is 11.2. The van der Waals surface area contributed by atoms with E-state index >= 15 is 0 Å². The van der Waals surface area contributed by atoms with Crippen molar-refractivity contribution in [2.24, 2.45) is 0 Å². The van der Waals surface area contributed by atoms with Crippen molar-refractivity contribution in [1.82, 2.24) is 9.88 Å². The molecular formula is C24H25ClN2O3. The number of carbonyl (C=O) groups is 1. The highest BCUT2D eigenvalue weighted by Gasteiger charge is 2.16. The molecule has 0 aliphatic carbocycles. The quantitative estimate of drug-likeness (QED) is 0.403. The van der Waals surface area contributed by atoms with E-state index in [1.54, 1.807) is 6.07 Å². The smallest absolute Gasteiger partial charge is 0.337 e. The molecule has 0 aliphatic heterocycles. The average Bonchev–Trinajstić information content (AvgIpc) is 2.73. The van der Waals surface area contributed by atoms with Gasteiger partial charge in [0.2, 0.25) is 0 Å². The molecule has 30 heavy (non-hydrogen) atoms. The van der Waals surface area contributed by atoms with Gasteiger partial charge in [0, 0.05) is 23.4 Å². The van der Waals surface area contributed by atoms with Crippen LogP contribution >= 0.6 is 12.4 Å². The monoisotopic (exact) mass is 424 g/mol. The van der Waals surface area contributed by atoms with E-state index in [1.807, 2.05) is 48.5 Å². The second kappa shape index (κ2) is 9.28. The number of aromatic carboxylic acids is 1. The molecule has 4 aromatic rings. The van der Waals surface area contributed by atoms with Crippen LogP contribution in [0.2, 0.25) is 0 Å². The van der Waals surface area contributed by atoms with E-state index in [2.05, 4.69) is 18.7 Å². The van der Waals surface area contributed by atoms with Crippen molar-refractivity contribution in [2.45, 2.75) is 13.8 Å². The maximum Gasteiger partial charge on any atom is 0.337 e. The van der Waals surface area contributed by atoms with Crippen LogP contribution in [0, 0.1) is 0 Å². The van der Waals surface area contributed by atoms with Gasteiger partial charge in [-0.25, -0.2) is 9.78 Å². The number of ether oxygens (including phenoxy) is 1. The summed E-state index contributed by atoms with van der Waals surface area (Å²) in [5, 5.41) is 13.2. The molecule has 0 aliphatic rings. The highest BCUT2D eigenvalue weighted by molar-refractivity contribution is 6.16. The Hall–Kier alpha value is -2.89. The number of aromatic nitrogens is 1. The van der Waals surface area contributed by atoms with Gasteiger partial charge in [-0.15, -0.1) is 12.4 Å². The molecule has 0 unspecified atom stereocenters. The largest absolute Gasteiger partial charge is 0.492 e. The van der Waals surface area contributed by atoms with Crippen molar-refractivity contribution in [3.63, 3.8) is 0 Å². The zero-order valence-electron chi connectivity index (χ0n) is 17.1. The summed E-state index contributed by atoms with van der Waals surface area (Å²) < 4.78 is 5.90. The van der Waals surface area contributed by atoms with E-state index in [1.165, 1.54) is 0 Å². The van der Waals surface area contributed by atoms with Gasteiger partial charge in [0.25, 0.3) is 0 Å². The van der Waals surface area contributed by atoms with E-state index in [-0.39, 0.29) is 18.0 Å². The van der Waals surface area contributed by atoms with E-state index < -0.39 is 5.97 Å². The summed E-state index contributed by atoms with van der Waals surface area (Å²) in [5.74, 6) is -0.249. The molecule has 1 aromatic heterocycles. The Bertz CT molecular complexity index is 1210. The van der Waals surface area contributed by atoms with Crippen LogP contribution in [0.25, 0.3) is 32.6 Å². The Morgan fingerprint density at radius 2 is 1.63 bits per heavy atom. The molecule has 0 saturated carbocycles. The lowest BCUT2D eigenvalue weighted by molar-refractivity contribution is 0.0701. The average molecular weight is 425 g/mol. The van der Waals surface area contributed by atoms with Gasteiger partial charge in [0.1, 0.15) is 12.4 Å². The van der Waals surface area contributed by atoms with E-state index in [0.29, 0.717) is 34.2 Å². The fraction of sp³-hybridized carbons (Fsp3) is 0.250. The van der Waals surface area contributed by atoms with E-state index in [9.17, 15) is 9.90 Å². The Labute approximate surface area is 181 Å². The van der Waals surface area contributed by atoms with Crippen LogP contribution in [0.4, 0.5) is 0 Å². The lowest BCUT2D eigenvalue weighted by Crippen LogP contribution is -2.27. The summed E-state index contributed by atoms with van der Waals surface area (Å²) in [5.41, 5.74) is 1.59. The van der Waals surface area contributed by atoms with Crippen LogP contribution < -0.4 is 4.74 Å². The van der Waals surface area contributed by atoms with Crippen molar-refractivity contribution in [3.8, 4) is 5.75 Å². The van der Waals surface area contributed by atoms with Crippen molar-refractivity contribution in [2.75, 3.05) is 26.2 Å². The Morgan fingerprint density at radius 3 is 2.30 bits per heavy atom. The minimum absolute atomic E-state index is 0. The topological polar surface area (TPSA) is 62.7 Å². The lowest BCUT2D eigenvalue weighted by atomic mass is 9.99. The number of carboxylic acid groups (broad SMARTS) is 1. The SMILES string of the molecule is CCN(CC)CCOc1ccc2c(C(=O)O)c3cc4ccccc4cc3nc2c1.Cl. The van der Waals surface area contributed by atoms with Crippen molar-refractivity contribution in [1.29, 1.82) is 0 Å². The first-order valence-electron chi connectivity index (χ1n) is 9.95. The van der Waals surface area contributed by atoms with Crippen LogP contribution in [0.3, 0.4) is 0 Å². The third-order valence-electron chi connectivity index (χ3n) is 5.40. The number of rotatable bonds is 7.